The van der Waals surface area contributed by atoms with Gasteiger partial charge in [0.2, 0.25) is 0 Å². The van der Waals surface area contributed by atoms with Crippen molar-refractivity contribution < 1.29 is 19.5 Å². The Bertz CT molecular complexity index is 214. The van der Waals surface area contributed by atoms with Crippen molar-refractivity contribution in [1.82, 2.24) is 0 Å². The lowest BCUT2D eigenvalue weighted by molar-refractivity contribution is -0.133. The third-order valence-corrected chi connectivity index (χ3v) is 0.999. The molecule has 0 aliphatic heterocycles. The maximum absolute atomic E-state index is 10.6. The Morgan fingerprint density at radius 3 is 2.36 bits per heavy atom. The molecule has 0 bridgehead atoms. The molecule has 4 nitrogen and oxygen atoms in total. The van der Waals surface area contributed by atoms with Crippen LogP contribution in [0.25, 0.3) is 0 Å². The standard InChI is InChI=1S/C7H8O4/c1-5(7(10)11)4-6(9)2-3-8/h3-4H,2H2,1H3,(H,10,11). The van der Waals surface area contributed by atoms with Gasteiger partial charge < -0.3 is 9.90 Å². The Morgan fingerprint density at radius 1 is 1.45 bits per heavy atom. The number of hydrogen-bond donors (Lipinski definition) is 1. The molecule has 0 aromatic rings. The van der Waals surface area contributed by atoms with Gasteiger partial charge in [0.05, 0.1) is 6.42 Å². The van der Waals surface area contributed by atoms with Gasteiger partial charge in [-0.25, -0.2) is 4.79 Å². The number of carbonyl (C=O) groups excluding carboxylic acids is 2. The minimum atomic E-state index is -1.15. The zero-order valence-corrected chi connectivity index (χ0v) is 6.03. The predicted molar refractivity (Wildman–Crippen MR) is 37.1 cm³/mol. The summed E-state index contributed by atoms with van der Waals surface area (Å²) >= 11 is 0. The van der Waals surface area contributed by atoms with Gasteiger partial charge in [-0.05, 0) is 13.0 Å². The molecule has 0 aliphatic carbocycles. The fourth-order valence-corrected chi connectivity index (χ4v) is 0.444. The molecule has 0 spiro atoms. The summed E-state index contributed by atoms with van der Waals surface area (Å²) in [6.45, 7) is 1.30. The van der Waals surface area contributed by atoms with Crippen LogP contribution in [-0.4, -0.2) is 23.1 Å². The van der Waals surface area contributed by atoms with Gasteiger partial charge in [0.15, 0.2) is 5.78 Å². The van der Waals surface area contributed by atoms with E-state index in [1.807, 2.05) is 0 Å². The van der Waals surface area contributed by atoms with E-state index in [2.05, 4.69) is 0 Å². The zero-order valence-electron chi connectivity index (χ0n) is 6.03. The van der Waals surface area contributed by atoms with Crippen molar-refractivity contribution in [2.75, 3.05) is 0 Å². The fraction of sp³-hybridized carbons (Fsp3) is 0.286. The second kappa shape index (κ2) is 4.38. The van der Waals surface area contributed by atoms with Crippen LogP contribution in [-0.2, 0) is 14.4 Å². The molecule has 0 saturated heterocycles. The molecule has 60 valence electrons. The number of rotatable bonds is 4. The van der Waals surface area contributed by atoms with Crippen molar-refractivity contribution in [1.29, 1.82) is 0 Å². The second-order valence-corrected chi connectivity index (χ2v) is 1.97. The number of aldehydes is 1. The van der Waals surface area contributed by atoms with Crippen LogP contribution in [0.4, 0.5) is 0 Å². The van der Waals surface area contributed by atoms with E-state index < -0.39 is 11.8 Å². The second-order valence-electron chi connectivity index (χ2n) is 1.97. The molecule has 0 atom stereocenters. The van der Waals surface area contributed by atoms with Crippen LogP contribution in [0, 0.1) is 0 Å². The van der Waals surface area contributed by atoms with E-state index in [4.69, 9.17) is 5.11 Å². The van der Waals surface area contributed by atoms with Crippen LogP contribution in [0.2, 0.25) is 0 Å². The molecule has 11 heavy (non-hydrogen) atoms. The number of carboxylic acids is 1. The number of ketones is 1. The lowest BCUT2D eigenvalue weighted by Crippen LogP contribution is -2.01. The monoisotopic (exact) mass is 156 g/mol. The van der Waals surface area contributed by atoms with E-state index in [-0.39, 0.29) is 12.0 Å². The van der Waals surface area contributed by atoms with E-state index in [9.17, 15) is 14.4 Å². The molecule has 0 aromatic heterocycles. The fourth-order valence-electron chi connectivity index (χ4n) is 0.444. The quantitative estimate of drug-likeness (QED) is 0.358. The molecule has 0 aliphatic rings. The molecule has 0 amide bonds. The van der Waals surface area contributed by atoms with Gasteiger partial charge in [-0.1, -0.05) is 0 Å². The molecule has 1 N–H and O–H groups in total. The summed E-state index contributed by atoms with van der Waals surface area (Å²) in [4.78, 5) is 30.5. The lowest BCUT2D eigenvalue weighted by Gasteiger charge is -1.89. The Kier molecular flexibility index (Phi) is 3.80. The Hall–Kier alpha value is -1.45. The van der Waals surface area contributed by atoms with E-state index in [1.165, 1.54) is 6.92 Å². The molecule has 4 heteroatoms. The smallest absolute Gasteiger partial charge is 0.331 e. The van der Waals surface area contributed by atoms with Gasteiger partial charge in [-0.15, -0.1) is 0 Å². The highest BCUT2D eigenvalue weighted by atomic mass is 16.4. The van der Waals surface area contributed by atoms with Gasteiger partial charge in [0.1, 0.15) is 6.29 Å². The molecule has 0 radical (unpaired) electrons. The van der Waals surface area contributed by atoms with Crippen LogP contribution in [0.3, 0.4) is 0 Å². The number of hydrogen-bond acceptors (Lipinski definition) is 3. The van der Waals surface area contributed by atoms with Crippen LogP contribution in [0.1, 0.15) is 13.3 Å². The Balaban J connectivity index is 4.18. The van der Waals surface area contributed by atoms with Crippen molar-refractivity contribution in [3.05, 3.63) is 11.6 Å². The molecule has 0 saturated carbocycles. The van der Waals surface area contributed by atoms with E-state index in [0.717, 1.165) is 6.08 Å². The van der Waals surface area contributed by atoms with E-state index in [0.29, 0.717) is 6.29 Å². The summed E-state index contributed by atoms with van der Waals surface area (Å²) in [5.41, 5.74) is -0.0585. The first kappa shape index (κ1) is 9.55. The van der Waals surface area contributed by atoms with Crippen molar-refractivity contribution in [3.8, 4) is 0 Å². The van der Waals surface area contributed by atoms with Gasteiger partial charge in [-0.2, -0.15) is 0 Å². The summed E-state index contributed by atoms with van der Waals surface area (Å²) in [5, 5.41) is 8.29. The number of carbonyl (C=O) groups is 3. The van der Waals surface area contributed by atoms with Crippen molar-refractivity contribution in [2.24, 2.45) is 0 Å². The highest BCUT2D eigenvalue weighted by Gasteiger charge is 2.02. The molecular formula is C7H8O4. The summed E-state index contributed by atoms with van der Waals surface area (Å²) in [5.74, 6) is -1.64. The van der Waals surface area contributed by atoms with Gasteiger partial charge >= 0.3 is 5.97 Å². The van der Waals surface area contributed by atoms with Gasteiger partial charge in [-0.3, -0.25) is 4.79 Å². The third-order valence-electron chi connectivity index (χ3n) is 0.999. The Labute approximate surface area is 63.5 Å². The van der Waals surface area contributed by atoms with E-state index >= 15 is 0 Å². The zero-order chi connectivity index (χ0) is 8.85. The topological polar surface area (TPSA) is 71.4 Å². The molecule has 0 rings (SSSR count). The number of carboxylic acid groups (broad SMARTS) is 1. The van der Waals surface area contributed by atoms with Crippen LogP contribution >= 0.6 is 0 Å². The van der Waals surface area contributed by atoms with Crippen molar-refractivity contribution in [3.63, 3.8) is 0 Å². The normalized spacial score (nSPS) is 10.8. The maximum Gasteiger partial charge on any atom is 0.331 e. The van der Waals surface area contributed by atoms with Gasteiger partial charge in [0, 0.05) is 5.57 Å². The SMILES string of the molecule is CC(=CC(=O)CC=O)C(=O)O. The minimum Gasteiger partial charge on any atom is -0.478 e. The highest BCUT2D eigenvalue weighted by molar-refractivity contribution is 6.02. The average molecular weight is 156 g/mol. The van der Waals surface area contributed by atoms with E-state index in [1.54, 1.807) is 0 Å². The predicted octanol–water partition coefficient (Wildman–Crippen LogP) is 0.175. The maximum atomic E-state index is 10.6. The first-order chi connectivity index (χ1) is 5.07. The molecule has 0 fully saturated rings. The number of aliphatic carboxylic acids is 1. The molecule has 0 aromatic carbocycles. The summed E-state index contributed by atoms with van der Waals surface area (Å²) in [7, 11) is 0. The number of allylic oxidation sites excluding steroid dienone is 1. The summed E-state index contributed by atoms with van der Waals surface area (Å²) in [6.07, 6.45) is 1.12. The van der Waals surface area contributed by atoms with Crippen molar-refractivity contribution >= 4 is 18.0 Å². The molecular weight excluding hydrogens is 148 g/mol. The van der Waals surface area contributed by atoms with Crippen LogP contribution < -0.4 is 0 Å². The third kappa shape index (κ3) is 4.02. The van der Waals surface area contributed by atoms with Crippen LogP contribution in [0.5, 0.6) is 0 Å². The highest BCUT2D eigenvalue weighted by Crippen LogP contribution is 1.93. The largest absolute Gasteiger partial charge is 0.478 e. The summed E-state index contributed by atoms with van der Waals surface area (Å²) < 4.78 is 0. The first-order valence-electron chi connectivity index (χ1n) is 2.96. The molecule has 0 unspecified atom stereocenters. The lowest BCUT2D eigenvalue weighted by atomic mass is 10.2. The first-order valence-corrected chi connectivity index (χ1v) is 2.96. The van der Waals surface area contributed by atoms with Gasteiger partial charge in [0.25, 0.3) is 0 Å². The Morgan fingerprint density at radius 2 is 2.00 bits per heavy atom. The molecule has 0 heterocycles. The minimum absolute atomic E-state index is 0.0585. The van der Waals surface area contributed by atoms with Crippen LogP contribution in [0.15, 0.2) is 11.6 Å². The summed E-state index contributed by atoms with van der Waals surface area (Å²) in [6, 6.07) is 0. The average Bonchev–Trinajstić information content (AvgIpc) is 1.87. The van der Waals surface area contributed by atoms with Crippen molar-refractivity contribution in [2.45, 2.75) is 13.3 Å².